The Bertz CT molecular complexity index is 955. The molecule has 2 aromatic carbocycles. The van der Waals surface area contributed by atoms with Crippen LogP contribution in [0.2, 0.25) is 0 Å². The summed E-state index contributed by atoms with van der Waals surface area (Å²) >= 11 is 5.41. The van der Waals surface area contributed by atoms with Crippen LogP contribution in [0.25, 0.3) is 6.08 Å². The van der Waals surface area contributed by atoms with Gasteiger partial charge in [0.2, 0.25) is 0 Å². The second-order valence-electron chi connectivity index (χ2n) is 5.76. The number of halogens is 2. The van der Waals surface area contributed by atoms with Crippen LogP contribution in [0.5, 0.6) is 5.75 Å². The molecule has 0 aliphatic rings. The minimum atomic E-state index is -1.13. The Balaban J connectivity index is 2.31. The quantitative estimate of drug-likeness (QED) is 0.302. The van der Waals surface area contributed by atoms with E-state index in [0.29, 0.717) is 10.0 Å². The Morgan fingerprint density at radius 3 is 2.64 bits per heavy atom. The Morgan fingerprint density at radius 2 is 2.04 bits per heavy atom. The summed E-state index contributed by atoms with van der Waals surface area (Å²) in [4.78, 5) is 23.4. The molecule has 8 heteroatoms. The van der Waals surface area contributed by atoms with E-state index < -0.39 is 18.5 Å². The van der Waals surface area contributed by atoms with Crippen LogP contribution in [0.4, 0.5) is 0 Å². The molecule has 0 heterocycles. The maximum Gasteiger partial charge on any atom is 0.341 e. The zero-order chi connectivity index (χ0) is 20.7. The van der Waals surface area contributed by atoms with Gasteiger partial charge in [-0.1, -0.05) is 30.3 Å². The Kier molecular flexibility index (Phi) is 8.02. The molecule has 2 rings (SSSR count). The lowest BCUT2D eigenvalue weighted by Gasteiger charge is -2.14. The summed E-state index contributed by atoms with van der Waals surface area (Å²) in [5, 5.41) is 21.1. The van der Waals surface area contributed by atoms with Gasteiger partial charge in [-0.3, -0.25) is 4.79 Å². The van der Waals surface area contributed by atoms with Gasteiger partial charge in [0.05, 0.1) is 10.5 Å². The van der Waals surface area contributed by atoms with E-state index in [1.165, 1.54) is 6.08 Å². The number of carbonyl (C=O) groups is 2. The van der Waals surface area contributed by atoms with Crippen molar-refractivity contribution in [2.24, 2.45) is 0 Å². The van der Waals surface area contributed by atoms with Crippen molar-refractivity contribution in [1.29, 1.82) is 5.26 Å². The number of rotatable bonds is 7. The molecule has 1 atom stereocenters. The highest BCUT2D eigenvalue weighted by molar-refractivity contribution is 14.1. The highest BCUT2D eigenvalue weighted by Crippen LogP contribution is 2.33. The van der Waals surface area contributed by atoms with Crippen molar-refractivity contribution < 1.29 is 19.4 Å². The predicted molar refractivity (Wildman–Crippen MR) is 117 cm³/mol. The van der Waals surface area contributed by atoms with Gasteiger partial charge in [-0.2, -0.15) is 5.26 Å². The lowest BCUT2D eigenvalue weighted by Crippen LogP contribution is -2.27. The molecule has 144 valence electrons. The summed E-state index contributed by atoms with van der Waals surface area (Å²) in [7, 11) is 0. The molecule has 0 spiro atoms. The third-order valence-electron chi connectivity index (χ3n) is 3.69. The standard InChI is InChI=1S/C20H16BrIN2O4/c1-12(13-5-3-2-4-6-13)24-20(27)15(10-23)7-14-8-16(22)9-17(21)19(14)28-11-18(25)26/h2-9,12H,11H2,1H3,(H,24,27)(H,25,26)/b15-7-/t12-/m1/s1. The van der Waals surface area contributed by atoms with Crippen LogP contribution in [0.1, 0.15) is 24.1 Å². The number of ether oxygens (including phenoxy) is 1. The number of hydrogen-bond donors (Lipinski definition) is 2. The summed E-state index contributed by atoms with van der Waals surface area (Å²) in [6.45, 7) is 1.28. The molecule has 1 amide bonds. The van der Waals surface area contributed by atoms with Gasteiger partial charge in [-0.15, -0.1) is 0 Å². The minimum Gasteiger partial charge on any atom is -0.480 e. The van der Waals surface area contributed by atoms with Gasteiger partial charge in [-0.05, 0) is 69.2 Å². The number of aliphatic carboxylic acids is 1. The van der Waals surface area contributed by atoms with Gasteiger partial charge in [0.25, 0.3) is 5.91 Å². The molecule has 0 saturated carbocycles. The molecule has 28 heavy (non-hydrogen) atoms. The van der Waals surface area contributed by atoms with Crippen molar-refractivity contribution in [3.63, 3.8) is 0 Å². The van der Waals surface area contributed by atoms with Gasteiger partial charge >= 0.3 is 5.97 Å². The number of carboxylic acid groups (broad SMARTS) is 1. The number of nitriles is 1. The maximum absolute atomic E-state index is 12.6. The molecule has 2 N–H and O–H groups in total. The minimum absolute atomic E-state index is 0.114. The van der Waals surface area contributed by atoms with E-state index in [9.17, 15) is 14.9 Å². The molecule has 0 bridgehead atoms. The maximum atomic E-state index is 12.6. The summed E-state index contributed by atoms with van der Waals surface area (Å²) in [6, 6.07) is 14.5. The van der Waals surface area contributed by atoms with Gasteiger partial charge in [-0.25, -0.2) is 4.79 Å². The molecule has 0 saturated heterocycles. The van der Waals surface area contributed by atoms with Crippen molar-refractivity contribution >= 4 is 56.5 Å². The van der Waals surface area contributed by atoms with E-state index in [4.69, 9.17) is 9.84 Å². The van der Waals surface area contributed by atoms with Crippen molar-refractivity contribution in [2.45, 2.75) is 13.0 Å². The number of hydrogen-bond acceptors (Lipinski definition) is 4. The lowest BCUT2D eigenvalue weighted by atomic mass is 10.1. The van der Waals surface area contributed by atoms with Crippen molar-refractivity contribution in [1.82, 2.24) is 5.32 Å². The average molecular weight is 555 g/mol. The highest BCUT2D eigenvalue weighted by atomic mass is 127. The van der Waals surface area contributed by atoms with E-state index in [1.54, 1.807) is 12.1 Å². The molecule has 0 aliphatic carbocycles. The van der Waals surface area contributed by atoms with Crippen molar-refractivity contribution in [3.8, 4) is 11.8 Å². The lowest BCUT2D eigenvalue weighted by molar-refractivity contribution is -0.139. The Labute approximate surface area is 184 Å². The van der Waals surface area contributed by atoms with Gasteiger partial charge < -0.3 is 15.2 Å². The fourth-order valence-electron chi connectivity index (χ4n) is 2.38. The van der Waals surface area contributed by atoms with Gasteiger partial charge in [0.15, 0.2) is 6.61 Å². The summed E-state index contributed by atoms with van der Waals surface area (Å²) < 4.78 is 6.68. The third kappa shape index (κ3) is 6.07. The molecule has 2 aromatic rings. The predicted octanol–water partition coefficient (Wildman–Crippen LogP) is 4.30. The summed E-state index contributed by atoms with van der Waals surface area (Å²) in [5.41, 5.74) is 1.23. The monoisotopic (exact) mass is 554 g/mol. The van der Waals surface area contributed by atoms with E-state index in [0.717, 1.165) is 9.13 Å². The molecular formula is C20H16BrIN2O4. The summed E-state index contributed by atoms with van der Waals surface area (Å²) in [6.07, 6.45) is 1.39. The van der Waals surface area contributed by atoms with Crippen molar-refractivity contribution in [2.75, 3.05) is 6.61 Å². The summed E-state index contributed by atoms with van der Waals surface area (Å²) in [5.74, 6) is -1.41. The molecule has 0 aliphatic heterocycles. The Hall–Kier alpha value is -2.38. The fraction of sp³-hybridized carbons (Fsp3) is 0.150. The topological polar surface area (TPSA) is 99.4 Å². The second-order valence-corrected chi connectivity index (χ2v) is 7.86. The van der Waals surface area contributed by atoms with Crippen LogP contribution in [-0.4, -0.2) is 23.6 Å². The zero-order valence-corrected chi connectivity index (χ0v) is 18.5. The second kappa shape index (κ2) is 10.2. The SMILES string of the molecule is C[C@@H](NC(=O)/C(C#N)=C\c1cc(I)cc(Br)c1OCC(=O)O)c1ccccc1. The molecule has 0 aromatic heterocycles. The zero-order valence-electron chi connectivity index (χ0n) is 14.8. The number of carboxylic acids is 1. The Morgan fingerprint density at radius 1 is 1.36 bits per heavy atom. The number of amides is 1. The number of nitrogens with one attached hydrogen (secondary N) is 1. The largest absolute Gasteiger partial charge is 0.480 e. The van der Waals surface area contributed by atoms with Crippen LogP contribution >= 0.6 is 38.5 Å². The normalized spacial score (nSPS) is 12.0. The molecular weight excluding hydrogens is 539 g/mol. The number of benzene rings is 2. The van der Waals surface area contributed by atoms with Crippen LogP contribution in [-0.2, 0) is 9.59 Å². The fourth-order valence-corrected chi connectivity index (χ4v) is 4.04. The van der Waals surface area contributed by atoms with E-state index in [1.807, 2.05) is 43.3 Å². The van der Waals surface area contributed by atoms with Gasteiger partial charge in [0, 0.05) is 9.13 Å². The first kappa shape index (κ1) is 21.9. The van der Waals surface area contributed by atoms with Crippen LogP contribution in [0.15, 0.2) is 52.5 Å². The van der Waals surface area contributed by atoms with E-state index >= 15 is 0 Å². The van der Waals surface area contributed by atoms with E-state index in [2.05, 4.69) is 43.8 Å². The highest BCUT2D eigenvalue weighted by Gasteiger charge is 2.16. The van der Waals surface area contributed by atoms with Gasteiger partial charge in [0.1, 0.15) is 17.4 Å². The van der Waals surface area contributed by atoms with Crippen LogP contribution in [0.3, 0.4) is 0 Å². The molecule has 0 radical (unpaired) electrons. The van der Waals surface area contributed by atoms with Crippen LogP contribution < -0.4 is 10.1 Å². The number of carbonyl (C=O) groups excluding carboxylic acids is 1. The number of nitrogens with zero attached hydrogens (tertiary/aromatic N) is 1. The molecule has 0 unspecified atom stereocenters. The first-order valence-electron chi connectivity index (χ1n) is 8.13. The van der Waals surface area contributed by atoms with E-state index in [-0.39, 0.29) is 17.4 Å². The van der Waals surface area contributed by atoms with Crippen molar-refractivity contribution in [3.05, 3.63) is 67.2 Å². The first-order valence-corrected chi connectivity index (χ1v) is 10.00. The molecule has 0 fully saturated rings. The van der Waals surface area contributed by atoms with Crippen LogP contribution in [0, 0.1) is 14.9 Å². The first-order chi connectivity index (χ1) is 13.3. The molecule has 6 nitrogen and oxygen atoms in total. The average Bonchev–Trinajstić information content (AvgIpc) is 2.65. The third-order valence-corrected chi connectivity index (χ3v) is 4.90. The smallest absolute Gasteiger partial charge is 0.341 e.